The summed E-state index contributed by atoms with van der Waals surface area (Å²) in [5.41, 5.74) is 2.40. The van der Waals surface area contributed by atoms with Gasteiger partial charge in [-0.05, 0) is 30.7 Å². The number of nitrogens with one attached hydrogen (secondary N) is 1. The summed E-state index contributed by atoms with van der Waals surface area (Å²) in [6.45, 7) is 3.95. The summed E-state index contributed by atoms with van der Waals surface area (Å²) in [4.78, 5) is 4.06. The lowest BCUT2D eigenvalue weighted by atomic mass is 10.1. The van der Waals surface area contributed by atoms with Crippen LogP contribution >= 0.6 is 0 Å². The number of hydrogen-bond donors (Lipinski definition) is 1. The largest absolute Gasteiger partial charge is 0.308 e. The average Bonchev–Trinajstić information content (AvgIpc) is 3.21. The van der Waals surface area contributed by atoms with Gasteiger partial charge in [0.25, 0.3) is 0 Å². The molecule has 5 nitrogen and oxygen atoms in total. The van der Waals surface area contributed by atoms with Crippen LogP contribution in [0.25, 0.3) is 5.69 Å². The van der Waals surface area contributed by atoms with Crippen molar-refractivity contribution in [3.8, 4) is 5.69 Å². The van der Waals surface area contributed by atoms with Gasteiger partial charge in [-0.2, -0.15) is 5.10 Å². The fourth-order valence-electron chi connectivity index (χ4n) is 2.29. The Morgan fingerprint density at radius 1 is 1.14 bits per heavy atom. The third-order valence-electron chi connectivity index (χ3n) is 3.55. The SMILES string of the molecule is CC(NCCn1cccn1)c1ccc(-n2ccnc2)cc1. The maximum atomic E-state index is 4.19. The monoisotopic (exact) mass is 281 g/mol. The summed E-state index contributed by atoms with van der Waals surface area (Å²) < 4.78 is 3.93. The standard InChI is InChI=1S/C16H19N5/c1-14(18-9-12-21-10-2-7-19-21)15-3-5-16(6-4-15)20-11-8-17-13-20/h2-8,10-11,13-14,18H,9,12H2,1H3. The van der Waals surface area contributed by atoms with E-state index in [1.807, 2.05) is 27.7 Å². The van der Waals surface area contributed by atoms with E-state index in [0.717, 1.165) is 18.8 Å². The zero-order chi connectivity index (χ0) is 14.5. The molecule has 1 unspecified atom stereocenters. The van der Waals surface area contributed by atoms with Crippen molar-refractivity contribution in [2.75, 3.05) is 6.54 Å². The van der Waals surface area contributed by atoms with Crippen molar-refractivity contribution >= 4 is 0 Å². The number of hydrogen-bond acceptors (Lipinski definition) is 3. The maximum absolute atomic E-state index is 4.19. The first-order valence-electron chi connectivity index (χ1n) is 7.12. The van der Waals surface area contributed by atoms with Crippen LogP contribution in [0.1, 0.15) is 18.5 Å². The van der Waals surface area contributed by atoms with Crippen molar-refractivity contribution in [3.63, 3.8) is 0 Å². The van der Waals surface area contributed by atoms with E-state index in [1.165, 1.54) is 5.56 Å². The van der Waals surface area contributed by atoms with E-state index in [-0.39, 0.29) is 0 Å². The molecule has 0 saturated heterocycles. The van der Waals surface area contributed by atoms with E-state index in [2.05, 4.69) is 46.6 Å². The predicted molar refractivity (Wildman–Crippen MR) is 82.2 cm³/mol. The fraction of sp³-hybridized carbons (Fsp3) is 0.250. The first-order chi connectivity index (χ1) is 10.3. The molecule has 0 aliphatic heterocycles. The third-order valence-corrected chi connectivity index (χ3v) is 3.55. The second-order valence-corrected chi connectivity index (χ2v) is 5.01. The summed E-state index contributed by atoms with van der Waals surface area (Å²) >= 11 is 0. The molecule has 1 atom stereocenters. The van der Waals surface area contributed by atoms with Gasteiger partial charge in [-0.25, -0.2) is 4.98 Å². The molecule has 0 radical (unpaired) electrons. The van der Waals surface area contributed by atoms with Gasteiger partial charge in [-0.3, -0.25) is 4.68 Å². The molecule has 1 aromatic carbocycles. The van der Waals surface area contributed by atoms with Crippen molar-refractivity contribution in [1.29, 1.82) is 0 Å². The van der Waals surface area contributed by atoms with Crippen molar-refractivity contribution in [2.24, 2.45) is 0 Å². The zero-order valence-electron chi connectivity index (χ0n) is 12.1. The number of rotatable bonds is 6. The van der Waals surface area contributed by atoms with Crippen molar-refractivity contribution in [1.82, 2.24) is 24.6 Å². The summed E-state index contributed by atoms with van der Waals surface area (Å²) in [6, 6.07) is 10.8. The molecular formula is C16H19N5. The second-order valence-electron chi connectivity index (χ2n) is 5.01. The highest BCUT2D eigenvalue weighted by Gasteiger charge is 2.05. The number of benzene rings is 1. The first kappa shape index (κ1) is 13.6. The van der Waals surface area contributed by atoms with Gasteiger partial charge in [0, 0.05) is 43.1 Å². The molecule has 0 fully saturated rings. The minimum atomic E-state index is 0.317. The Hall–Kier alpha value is -2.40. The summed E-state index contributed by atoms with van der Waals surface area (Å²) in [7, 11) is 0. The van der Waals surface area contributed by atoms with Crippen LogP contribution in [0.2, 0.25) is 0 Å². The molecule has 0 amide bonds. The summed E-state index contributed by atoms with van der Waals surface area (Å²) in [5, 5.41) is 7.71. The summed E-state index contributed by atoms with van der Waals surface area (Å²) in [6.07, 6.45) is 9.32. The van der Waals surface area contributed by atoms with Gasteiger partial charge in [0.15, 0.2) is 0 Å². The van der Waals surface area contributed by atoms with E-state index in [4.69, 9.17) is 0 Å². The van der Waals surface area contributed by atoms with Gasteiger partial charge in [-0.15, -0.1) is 0 Å². The summed E-state index contributed by atoms with van der Waals surface area (Å²) in [5.74, 6) is 0. The van der Waals surface area contributed by atoms with Gasteiger partial charge in [0.05, 0.1) is 12.9 Å². The zero-order valence-corrected chi connectivity index (χ0v) is 12.1. The molecule has 2 heterocycles. The van der Waals surface area contributed by atoms with Gasteiger partial charge >= 0.3 is 0 Å². The van der Waals surface area contributed by atoms with Crippen LogP contribution < -0.4 is 5.32 Å². The second kappa shape index (κ2) is 6.37. The van der Waals surface area contributed by atoms with Gasteiger partial charge in [-0.1, -0.05) is 12.1 Å². The fourth-order valence-corrected chi connectivity index (χ4v) is 2.29. The topological polar surface area (TPSA) is 47.7 Å². The molecule has 0 spiro atoms. The lowest BCUT2D eigenvalue weighted by molar-refractivity contribution is 0.507. The Kier molecular flexibility index (Phi) is 4.12. The van der Waals surface area contributed by atoms with Crippen LogP contribution in [0.5, 0.6) is 0 Å². The molecule has 21 heavy (non-hydrogen) atoms. The lowest BCUT2D eigenvalue weighted by Gasteiger charge is -2.15. The molecule has 5 heteroatoms. The Morgan fingerprint density at radius 2 is 2.00 bits per heavy atom. The average molecular weight is 281 g/mol. The van der Waals surface area contributed by atoms with Gasteiger partial charge < -0.3 is 9.88 Å². The first-order valence-corrected chi connectivity index (χ1v) is 7.12. The van der Waals surface area contributed by atoms with E-state index < -0.39 is 0 Å². The van der Waals surface area contributed by atoms with Crippen molar-refractivity contribution < 1.29 is 0 Å². The van der Waals surface area contributed by atoms with Crippen LogP contribution in [0.15, 0.2) is 61.4 Å². The maximum Gasteiger partial charge on any atom is 0.0991 e. The molecule has 0 saturated carbocycles. The molecule has 2 aromatic heterocycles. The molecule has 0 bridgehead atoms. The Balaban J connectivity index is 1.56. The normalized spacial score (nSPS) is 12.4. The van der Waals surface area contributed by atoms with Gasteiger partial charge in [0.1, 0.15) is 0 Å². The Bertz CT molecular complexity index is 641. The van der Waals surface area contributed by atoms with E-state index in [9.17, 15) is 0 Å². The highest BCUT2D eigenvalue weighted by molar-refractivity contribution is 5.35. The van der Waals surface area contributed by atoms with Crippen molar-refractivity contribution in [3.05, 3.63) is 67.0 Å². The minimum absolute atomic E-state index is 0.317. The van der Waals surface area contributed by atoms with E-state index >= 15 is 0 Å². The Labute approximate surface area is 124 Å². The molecule has 3 aromatic rings. The van der Waals surface area contributed by atoms with Crippen LogP contribution in [0.4, 0.5) is 0 Å². The quantitative estimate of drug-likeness (QED) is 0.755. The number of nitrogens with zero attached hydrogens (tertiary/aromatic N) is 4. The van der Waals surface area contributed by atoms with E-state index in [1.54, 1.807) is 18.7 Å². The smallest absolute Gasteiger partial charge is 0.0991 e. The molecule has 3 rings (SSSR count). The van der Waals surface area contributed by atoms with Crippen LogP contribution in [0.3, 0.4) is 0 Å². The molecule has 108 valence electrons. The molecular weight excluding hydrogens is 262 g/mol. The van der Waals surface area contributed by atoms with Crippen LogP contribution in [-0.2, 0) is 6.54 Å². The highest BCUT2D eigenvalue weighted by atomic mass is 15.3. The Morgan fingerprint density at radius 3 is 2.67 bits per heavy atom. The highest BCUT2D eigenvalue weighted by Crippen LogP contribution is 2.15. The molecule has 0 aliphatic carbocycles. The van der Waals surface area contributed by atoms with Crippen LogP contribution in [0, 0.1) is 0 Å². The number of imidazole rings is 1. The van der Waals surface area contributed by atoms with Crippen LogP contribution in [-0.4, -0.2) is 25.9 Å². The lowest BCUT2D eigenvalue weighted by Crippen LogP contribution is -2.23. The molecule has 0 aliphatic rings. The third kappa shape index (κ3) is 3.38. The van der Waals surface area contributed by atoms with Crippen molar-refractivity contribution in [2.45, 2.75) is 19.5 Å². The molecule has 1 N–H and O–H groups in total. The van der Waals surface area contributed by atoms with E-state index in [0.29, 0.717) is 6.04 Å². The minimum Gasteiger partial charge on any atom is -0.308 e. The van der Waals surface area contributed by atoms with Gasteiger partial charge in [0.2, 0.25) is 0 Å². The predicted octanol–water partition coefficient (Wildman–Crippen LogP) is 2.42. The number of aromatic nitrogens is 4.